The number of pyridine rings is 1. The van der Waals surface area contributed by atoms with Crippen LogP contribution in [0.1, 0.15) is 55.0 Å². The molecule has 0 spiro atoms. The van der Waals surface area contributed by atoms with Gasteiger partial charge in [0.1, 0.15) is 11.4 Å². The third kappa shape index (κ3) is 3.25. The van der Waals surface area contributed by atoms with Gasteiger partial charge >= 0.3 is 0 Å². The predicted octanol–water partition coefficient (Wildman–Crippen LogP) is 4.48. The Morgan fingerprint density at radius 2 is 2.13 bits per heavy atom. The summed E-state index contributed by atoms with van der Waals surface area (Å²) in [5.74, 6) is 1.07. The fourth-order valence-corrected chi connectivity index (χ4v) is 3.19. The molecule has 3 heteroatoms. The summed E-state index contributed by atoms with van der Waals surface area (Å²) in [7, 11) is 0. The van der Waals surface area contributed by atoms with E-state index >= 15 is 0 Å². The minimum absolute atomic E-state index is 0.113. The van der Waals surface area contributed by atoms with Crippen LogP contribution in [0.3, 0.4) is 0 Å². The topological polar surface area (TPSA) is 34.2 Å². The minimum atomic E-state index is -0.113. The molecule has 2 heterocycles. The zero-order valence-electron chi connectivity index (χ0n) is 14.5. The Bertz CT molecular complexity index is 684. The van der Waals surface area contributed by atoms with E-state index < -0.39 is 0 Å². The molecule has 2 unspecified atom stereocenters. The number of fused-ring (bicyclic) bond motifs is 1. The van der Waals surface area contributed by atoms with Crippen molar-refractivity contribution in [3.8, 4) is 5.75 Å². The lowest BCUT2D eigenvalue weighted by Crippen LogP contribution is -2.41. The summed E-state index contributed by atoms with van der Waals surface area (Å²) in [6, 6.07) is 8.82. The minimum Gasteiger partial charge on any atom is -0.487 e. The molecule has 0 bridgehead atoms. The summed E-state index contributed by atoms with van der Waals surface area (Å²) >= 11 is 0. The van der Waals surface area contributed by atoms with Gasteiger partial charge in [-0.15, -0.1) is 0 Å². The normalized spacial score (nSPS) is 23.2. The van der Waals surface area contributed by atoms with Crippen molar-refractivity contribution in [3.05, 3.63) is 58.9 Å². The molecule has 0 saturated carbocycles. The average molecular weight is 310 g/mol. The maximum atomic E-state index is 6.41. The molecule has 1 aromatic carbocycles. The number of hydrogen-bond donors (Lipinski definition) is 1. The number of nitrogens with one attached hydrogen (secondary N) is 1. The van der Waals surface area contributed by atoms with E-state index in [-0.39, 0.29) is 5.60 Å². The first kappa shape index (κ1) is 16.0. The van der Waals surface area contributed by atoms with Crippen molar-refractivity contribution in [3.63, 3.8) is 0 Å². The first-order chi connectivity index (χ1) is 11.0. The Morgan fingerprint density at radius 3 is 2.83 bits per heavy atom. The quantitative estimate of drug-likeness (QED) is 0.904. The van der Waals surface area contributed by atoms with Crippen molar-refractivity contribution in [2.45, 2.75) is 58.7 Å². The summed E-state index contributed by atoms with van der Waals surface area (Å²) in [5, 5.41) is 3.71. The van der Waals surface area contributed by atoms with Crippen LogP contribution in [-0.4, -0.2) is 10.6 Å². The van der Waals surface area contributed by atoms with Crippen molar-refractivity contribution in [1.29, 1.82) is 0 Å². The van der Waals surface area contributed by atoms with E-state index in [1.54, 1.807) is 0 Å². The SMILES string of the molecule is CCC1(C)CC(NCc2cccnc2)c2ccc(C)c(C)c2O1. The Morgan fingerprint density at radius 1 is 1.30 bits per heavy atom. The fourth-order valence-electron chi connectivity index (χ4n) is 3.19. The van der Waals surface area contributed by atoms with Crippen LogP contribution in [0, 0.1) is 13.8 Å². The second-order valence-electron chi connectivity index (χ2n) is 6.83. The van der Waals surface area contributed by atoms with E-state index in [0.29, 0.717) is 6.04 Å². The third-order valence-electron chi connectivity index (χ3n) is 5.09. The zero-order chi connectivity index (χ0) is 16.4. The molecule has 0 aliphatic carbocycles. The van der Waals surface area contributed by atoms with Crippen molar-refractivity contribution in [2.75, 3.05) is 0 Å². The second kappa shape index (κ2) is 6.32. The van der Waals surface area contributed by atoms with Gasteiger partial charge in [-0.2, -0.15) is 0 Å². The van der Waals surface area contributed by atoms with Crippen LogP contribution in [0.4, 0.5) is 0 Å². The second-order valence-corrected chi connectivity index (χ2v) is 6.83. The lowest BCUT2D eigenvalue weighted by atomic mass is 9.85. The average Bonchev–Trinajstić information content (AvgIpc) is 2.57. The molecular formula is C20H26N2O. The maximum absolute atomic E-state index is 6.41. The summed E-state index contributed by atoms with van der Waals surface area (Å²) < 4.78 is 6.41. The smallest absolute Gasteiger partial charge is 0.128 e. The van der Waals surface area contributed by atoms with Gasteiger partial charge in [0.2, 0.25) is 0 Å². The molecule has 1 N–H and O–H groups in total. The van der Waals surface area contributed by atoms with Gasteiger partial charge in [-0.1, -0.05) is 25.1 Å². The van der Waals surface area contributed by atoms with Crippen LogP contribution in [0.25, 0.3) is 0 Å². The molecule has 0 fully saturated rings. The largest absolute Gasteiger partial charge is 0.487 e. The van der Waals surface area contributed by atoms with Gasteiger partial charge in [0.05, 0.1) is 0 Å². The lowest BCUT2D eigenvalue weighted by molar-refractivity contribution is 0.0430. The van der Waals surface area contributed by atoms with Crippen molar-refractivity contribution in [1.82, 2.24) is 10.3 Å². The van der Waals surface area contributed by atoms with Crippen LogP contribution >= 0.6 is 0 Å². The highest BCUT2D eigenvalue weighted by molar-refractivity contribution is 5.48. The standard InChI is InChI=1S/C20H26N2O/c1-5-20(4)11-18(22-13-16-7-6-10-21-12-16)17-9-8-14(2)15(3)19(17)23-20/h6-10,12,18,22H,5,11,13H2,1-4H3. The molecule has 2 atom stereocenters. The van der Waals surface area contributed by atoms with Crippen LogP contribution in [-0.2, 0) is 6.54 Å². The lowest BCUT2D eigenvalue weighted by Gasteiger charge is -2.41. The molecule has 1 aromatic heterocycles. The van der Waals surface area contributed by atoms with Gasteiger partial charge in [0.25, 0.3) is 0 Å². The Balaban J connectivity index is 1.89. The number of rotatable bonds is 4. The number of aryl methyl sites for hydroxylation is 1. The highest BCUT2D eigenvalue weighted by Gasteiger charge is 2.36. The van der Waals surface area contributed by atoms with Crippen molar-refractivity contribution in [2.24, 2.45) is 0 Å². The van der Waals surface area contributed by atoms with Gasteiger partial charge < -0.3 is 10.1 Å². The molecule has 0 amide bonds. The zero-order valence-corrected chi connectivity index (χ0v) is 14.5. The molecular weight excluding hydrogens is 284 g/mol. The molecule has 0 saturated heterocycles. The number of nitrogens with zero attached hydrogens (tertiary/aromatic N) is 1. The molecule has 23 heavy (non-hydrogen) atoms. The van der Waals surface area contributed by atoms with E-state index in [4.69, 9.17) is 4.74 Å². The van der Waals surface area contributed by atoms with E-state index in [1.165, 1.54) is 22.3 Å². The maximum Gasteiger partial charge on any atom is 0.128 e. The van der Waals surface area contributed by atoms with Crippen molar-refractivity contribution < 1.29 is 4.74 Å². The van der Waals surface area contributed by atoms with E-state index in [2.05, 4.69) is 56.2 Å². The van der Waals surface area contributed by atoms with E-state index in [9.17, 15) is 0 Å². The first-order valence-electron chi connectivity index (χ1n) is 8.44. The molecule has 1 aliphatic heterocycles. The Labute approximate surface area is 139 Å². The number of ether oxygens (including phenoxy) is 1. The van der Waals surface area contributed by atoms with Crippen LogP contribution < -0.4 is 10.1 Å². The highest BCUT2D eigenvalue weighted by Crippen LogP contribution is 2.43. The van der Waals surface area contributed by atoms with Crippen LogP contribution in [0.2, 0.25) is 0 Å². The number of benzene rings is 1. The van der Waals surface area contributed by atoms with Crippen molar-refractivity contribution >= 4 is 0 Å². The van der Waals surface area contributed by atoms with Crippen LogP contribution in [0.15, 0.2) is 36.7 Å². The van der Waals surface area contributed by atoms with Gasteiger partial charge in [0, 0.05) is 37.0 Å². The van der Waals surface area contributed by atoms with Gasteiger partial charge in [0.15, 0.2) is 0 Å². The summed E-state index contributed by atoms with van der Waals surface area (Å²) in [5.41, 5.74) is 4.92. The van der Waals surface area contributed by atoms with Gasteiger partial charge in [-0.05, 0) is 49.9 Å². The fraction of sp³-hybridized carbons (Fsp3) is 0.450. The van der Waals surface area contributed by atoms with Gasteiger partial charge in [-0.25, -0.2) is 0 Å². The molecule has 0 radical (unpaired) electrons. The van der Waals surface area contributed by atoms with Crippen LogP contribution in [0.5, 0.6) is 5.75 Å². The Kier molecular flexibility index (Phi) is 4.40. The molecule has 3 nitrogen and oxygen atoms in total. The van der Waals surface area contributed by atoms with Gasteiger partial charge in [-0.3, -0.25) is 4.98 Å². The van der Waals surface area contributed by atoms with E-state index in [0.717, 1.165) is 25.1 Å². The highest BCUT2D eigenvalue weighted by atomic mass is 16.5. The predicted molar refractivity (Wildman–Crippen MR) is 93.7 cm³/mol. The summed E-state index contributed by atoms with van der Waals surface area (Å²) in [6.45, 7) is 9.55. The molecule has 1 aliphatic rings. The molecule has 122 valence electrons. The molecule has 2 aromatic rings. The summed E-state index contributed by atoms with van der Waals surface area (Å²) in [6.07, 6.45) is 5.73. The number of aromatic nitrogens is 1. The molecule has 3 rings (SSSR count). The Hall–Kier alpha value is -1.87. The monoisotopic (exact) mass is 310 g/mol. The number of hydrogen-bond acceptors (Lipinski definition) is 3. The summed E-state index contributed by atoms with van der Waals surface area (Å²) in [4.78, 5) is 4.20. The third-order valence-corrected chi connectivity index (χ3v) is 5.09. The first-order valence-corrected chi connectivity index (χ1v) is 8.44. The van der Waals surface area contributed by atoms with E-state index in [1.807, 2.05) is 18.5 Å².